The van der Waals surface area contributed by atoms with Crippen molar-refractivity contribution in [3.05, 3.63) is 88.6 Å². The second-order valence-corrected chi connectivity index (χ2v) is 11.2. The number of ether oxygens (including phenoxy) is 3. The molecule has 4 heterocycles. The van der Waals surface area contributed by atoms with Crippen molar-refractivity contribution in [2.75, 3.05) is 26.8 Å². The fourth-order valence-corrected chi connectivity index (χ4v) is 5.76. The molecule has 2 saturated heterocycles. The van der Waals surface area contributed by atoms with E-state index in [0.717, 1.165) is 61.5 Å². The van der Waals surface area contributed by atoms with Crippen LogP contribution in [0.4, 0.5) is 4.39 Å². The molecule has 2 aliphatic rings. The van der Waals surface area contributed by atoms with Crippen LogP contribution in [-0.4, -0.2) is 64.1 Å². The average molecular weight is 587 g/mol. The predicted molar refractivity (Wildman–Crippen MR) is 158 cm³/mol. The summed E-state index contributed by atoms with van der Waals surface area (Å²) in [4.78, 5) is 35.9. The van der Waals surface area contributed by atoms with E-state index in [9.17, 15) is 14.0 Å². The predicted octanol–water partition coefficient (Wildman–Crippen LogP) is 5.31. The number of imidazole rings is 1. The Morgan fingerprint density at radius 3 is 2.53 bits per heavy atom. The van der Waals surface area contributed by atoms with Crippen molar-refractivity contribution in [3.63, 3.8) is 0 Å². The Labute approximate surface area is 249 Å². The lowest BCUT2D eigenvalue weighted by Gasteiger charge is -2.32. The summed E-state index contributed by atoms with van der Waals surface area (Å²) >= 11 is 0. The molecule has 0 amide bonds. The number of likely N-dealkylation sites (tertiary alicyclic amines) is 1. The summed E-state index contributed by atoms with van der Waals surface area (Å²) in [6, 6.07) is 15.5. The molecular weight excluding hydrogens is 551 g/mol. The van der Waals surface area contributed by atoms with Gasteiger partial charge in [-0.05, 0) is 81.7 Å². The zero-order valence-electron chi connectivity index (χ0n) is 24.4. The number of piperidine rings is 1. The van der Waals surface area contributed by atoms with Crippen LogP contribution in [0.5, 0.6) is 5.88 Å². The molecule has 1 unspecified atom stereocenters. The molecule has 9 nitrogen and oxygen atoms in total. The summed E-state index contributed by atoms with van der Waals surface area (Å²) in [5.41, 5.74) is 4.00. The summed E-state index contributed by atoms with van der Waals surface area (Å²) in [5, 5.41) is 0. The number of pyridine rings is 1. The second kappa shape index (κ2) is 12.6. The number of methoxy groups -OCH3 is 1. The van der Waals surface area contributed by atoms with E-state index >= 15 is 0 Å². The molecule has 2 aromatic heterocycles. The van der Waals surface area contributed by atoms with Crippen molar-refractivity contribution in [1.82, 2.24) is 19.4 Å². The number of Topliss-reactive ketones (excluding diaryl/α,β-unsaturated/α-hetero) is 1. The van der Waals surface area contributed by atoms with Gasteiger partial charge in [0, 0.05) is 35.4 Å². The van der Waals surface area contributed by atoms with E-state index in [1.165, 1.54) is 32.2 Å². The minimum atomic E-state index is -0.411. The molecule has 6 rings (SSSR count). The SMILES string of the molecule is COC(=O)c1ccc2nc(CN3CCC(c4cccc(OCc5cc(C(C)=O)ccc5F)n4)CC3)n(CC3CCO3)c2c1. The fraction of sp³-hybridized carbons (Fsp3) is 0.394. The highest BCUT2D eigenvalue weighted by Gasteiger charge is 2.26. The number of carbonyl (C=O) groups is 2. The first-order valence-corrected chi connectivity index (χ1v) is 14.7. The number of rotatable bonds is 10. The van der Waals surface area contributed by atoms with Crippen LogP contribution in [0.1, 0.15) is 69.9 Å². The molecule has 0 saturated carbocycles. The normalized spacial score (nSPS) is 17.5. The van der Waals surface area contributed by atoms with Crippen LogP contribution in [0.3, 0.4) is 0 Å². The van der Waals surface area contributed by atoms with E-state index in [4.69, 9.17) is 24.2 Å². The van der Waals surface area contributed by atoms with Crippen molar-refractivity contribution in [2.45, 2.75) is 57.9 Å². The van der Waals surface area contributed by atoms with Crippen LogP contribution in [0.25, 0.3) is 11.0 Å². The van der Waals surface area contributed by atoms with Gasteiger partial charge in [-0.25, -0.2) is 19.2 Å². The topological polar surface area (TPSA) is 95.8 Å². The molecule has 2 aromatic carbocycles. The zero-order chi connectivity index (χ0) is 29.9. The van der Waals surface area contributed by atoms with Crippen LogP contribution in [0.2, 0.25) is 0 Å². The highest BCUT2D eigenvalue weighted by atomic mass is 19.1. The Hall–Kier alpha value is -4.15. The van der Waals surface area contributed by atoms with Gasteiger partial charge in [-0.2, -0.15) is 0 Å². The highest BCUT2D eigenvalue weighted by Crippen LogP contribution is 2.30. The largest absolute Gasteiger partial charge is 0.473 e. The van der Waals surface area contributed by atoms with Crippen molar-refractivity contribution in [3.8, 4) is 5.88 Å². The summed E-state index contributed by atoms with van der Waals surface area (Å²) in [6.07, 6.45) is 3.03. The molecule has 2 fully saturated rings. The third-order valence-corrected chi connectivity index (χ3v) is 8.37. The van der Waals surface area contributed by atoms with Crippen LogP contribution in [0, 0.1) is 5.82 Å². The number of halogens is 1. The Balaban J connectivity index is 1.11. The lowest BCUT2D eigenvalue weighted by Crippen LogP contribution is -2.35. The number of benzene rings is 2. The summed E-state index contributed by atoms with van der Waals surface area (Å²) < 4.78 is 33.0. The minimum Gasteiger partial charge on any atom is -0.473 e. The Bertz CT molecular complexity index is 1640. The molecule has 43 heavy (non-hydrogen) atoms. The molecule has 4 aromatic rings. The molecular formula is C33H35FN4O5. The van der Waals surface area contributed by atoms with Gasteiger partial charge in [0.25, 0.3) is 0 Å². The smallest absolute Gasteiger partial charge is 0.337 e. The number of carbonyl (C=O) groups excluding carboxylic acids is 2. The van der Waals surface area contributed by atoms with E-state index in [1.54, 1.807) is 12.1 Å². The van der Waals surface area contributed by atoms with E-state index in [-0.39, 0.29) is 30.4 Å². The first-order chi connectivity index (χ1) is 20.9. The van der Waals surface area contributed by atoms with Gasteiger partial charge < -0.3 is 18.8 Å². The van der Waals surface area contributed by atoms with E-state index in [0.29, 0.717) is 35.7 Å². The van der Waals surface area contributed by atoms with Gasteiger partial charge >= 0.3 is 5.97 Å². The monoisotopic (exact) mass is 586 g/mol. The lowest BCUT2D eigenvalue weighted by molar-refractivity contribution is -0.0592. The molecule has 0 spiro atoms. The van der Waals surface area contributed by atoms with Crippen molar-refractivity contribution >= 4 is 22.8 Å². The van der Waals surface area contributed by atoms with E-state index < -0.39 is 5.82 Å². The standard InChI is InChI=1S/C33H35FN4O5/c1-21(39)23-6-8-27(34)25(16-23)20-43-32-5-3-4-28(36-32)22-10-13-37(14-11-22)19-31-35-29-9-7-24(33(40)41-2)17-30(29)38(31)18-26-12-15-42-26/h3-9,16-17,22,26H,10-15,18-20H2,1-2H3. The quantitative estimate of drug-likeness (QED) is 0.182. The van der Waals surface area contributed by atoms with Gasteiger partial charge in [-0.3, -0.25) is 9.69 Å². The Morgan fingerprint density at radius 1 is 1.02 bits per heavy atom. The van der Waals surface area contributed by atoms with Gasteiger partial charge in [-0.1, -0.05) is 6.07 Å². The molecule has 1 atom stereocenters. The lowest BCUT2D eigenvalue weighted by atomic mass is 9.93. The van der Waals surface area contributed by atoms with Gasteiger partial charge in [0.15, 0.2) is 5.78 Å². The Kier molecular flexibility index (Phi) is 8.49. The maximum absolute atomic E-state index is 14.3. The van der Waals surface area contributed by atoms with Crippen molar-refractivity contribution < 1.29 is 28.2 Å². The molecule has 0 bridgehead atoms. The fourth-order valence-electron chi connectivity index (χ4n) is 5.76. The number of fused-ring (bicyclic) bond motifs is 1. The van der Waals surface area contributed by atoms with Gasteiger partial charge in [-0.15, -0.1) is 0 Å². The average Bonchev–Trinajstić information content (AvgIpc) is 3.34. The van der Waals surface area contributed by atoms with Crippen LogP contribution in [0.15, 0.2) is 54.6 Å². The minimum absolute atomic E-state index is 0.00410. The summed E-state index contributed by atoms with van der Waals surface area (Å²) in [7, 11) is 1.39. The molecule has 0 aliphatic carbocycles. The number of ketones is 1. The van der Waals surface area contributed by atoms with Crippen molar-refractivity contribution in [1.29, 1.82) is 0 Å². The van der Waals surface area contributed by atoms with Crippen LogP contribution in [-0.2, 0) is 29.2 Å². The third-order valence-electron chi connectivity index (χ3n) is 8.37. The molecule has 0 N–H and O–H groups in total. The zero-order valence-corrected chi connectivity index (χ0v) is 24.4. The number of aromatic nitrogens is 3. The van der Waals surface area contributed by atoms with E-state index in [1.807, 2.05) is 24.3 Å². The highest BCUT2D eigenvalue weighted by molar-refractivity contribution is 5.94. The molecule has 10 heteroatoms. The molecule has 224 valence electrons. The first-order valence-electron chi connectivity index (χ1n) is 14.7. The first kappa shape index (κ1) is 28.9. The van der Waals surface area contributed by atoms with E-state index in [2.05, 4.69) is 9.47 Å². The molecule has 0 radical (unpaired) electrons. The van der Waals surface area contributed by atoms with Crippen LogP contribution >= 0.6 is 0 Å². The van der Waals surface area contributed by atoms with Gasteiger partial charge in [0.05, 0.1) is 42.9 Å². The van der Waals surface area contributed by atoms with Gasteiger partial charge in [0.2, 0.25) is 5.88 Å². The maximum atomic E-state index is 14.3. The van der Waals surface area contributed by atoms with Crippen LogP contribution < -0.4 is 4.74 Å². The number of hydrogen-bond donors (Lipinski definition) is 0. The second-order valence-electron chi connectivity index (χ2n) is 11.2. The molecule has 2 aliphatic heterocycles. The number of hydrogen-bond acceptors (Lipinski definition) is 8. The van der Waals surface area contributed by atoms with Crippen molar-refractivity contribution in [2.24, 2.45) is 0 Å². The van der Waals surface area contributed by atoms with Gasteiger partial charge in [0.1, 0.15) is 18.2 Å². The summed E-state index contributed by atoms with van der Waals surface area (Å²) in [6.45, 7) is 5.40. The maximum Gasteiger partial charge on any atom is 0.337 e. The third kappa shape index (κ3) is 6.45. The summed E-state index contributed by atoms with van der Waals surface area (Å²) in [5.74, 6) is 0.778. The Morgan fingerprint density at radius 2 is 1.81 bits per heavy atom. The number of nitrogens with zero attached hydrogens (tertiary/aromatic N) is 4. The number of esters is 1.